The van der Waals surface area contributed by atoms with Gasteiger partial charge in [0, 0.05) is 10.6 Å². The van der Waals surface area contributed by atoms with Gasteiger partial charge < -0.3 is 4.57 Å². The molecule has 0 spiro atoms. The van der Waals surface area contributed by atoms with Crippen LogP contribution in [-0.4, -0.2) is 6.66 Å². The van der Waals surface area contributed by atoms with Gasteiger partial charge in [-0.25, -0.2) is 0 Å². The number of nitriles is 1. The molecule has 0 fully saturated rings. The fraction of sp³-hybridized carbons (Fsp3) is 0.0278. The molecule has 1 aliphatic heterocycles. The highest BCUT2D eigenvalue weighted by Gasteiger charge is 2.34. The molecule has 6 aromatic rings. The molecule has 0 aliphatic carbocycles. The Kier molecular flexibility index (Phi) is 5.38. The minimum atomic E-state index is -2.58. The van der Waals surface area contributed by atoms with Crippen LogP contribution in [0.15, 0.2) is 127 Å². The zero-order chi connectivity index (χ0) is 26.6. The van der Waals surface area contributed by atoms with E-state index < -0.39 is 7.14 Å². The summed E-state index contributed by atoms with van der Waals surface area (Å²) >= 11 is 0. The van der Waals surface area contributed by atoms with Gasteiger partial charge in [0.1, 0.15) is 7.14 Å². The van der Waals surface area contributed by atoms with Crippen molar-refractivity contribution in [1.29, 1.82) is 5.26 Å². The van der Waals surface area contributed by atoms with Gasteiger partial charge in [0.15, 0.2) is 0 Å². The van der Waals surface area contributed by atoms with Crippen molar-refractivity contribution in [1.82, 2.24) is 0 Å². The number of hydrogen-bond acceptors (Lipinski definition) is 2. The molecule has 39 heavy (non-hydrogen) atoms. The monoisotopic (exact) mass is 517 g/mol. The summed E-state index contributed by atoms with van der Waals surface area (Å²) in [5.41, 5.74) is 9.69. The van der Waals surface area contributed by atoms with Gasteiger partial charge in [-0.2, -0.15) is 5.26 Å². The van der Waals surface area contributed by atoms with Crippen LogP contribution in [0.4, 0.5) is 0 Å². The lowest BCUT2D eigenvalue weighted by molar-refractivity contribution is 0.591. The van der Waals surface area contributed by atoms with Gasteiger partial charge in [0.25, 0.3) is 0 Å². The molecule has 0 aromatic heterocycles. The maximum absolute atomic E-state index is 13.7. The smallest absolute Gasteiger partial charge is 0.141 e. The highest BCUT2D eigenvalue weighted by molar-refractivity contribution is 7.79. The van der Waals surface area contributed by atoms with E-state index >= 15 is 0 Å². The maximum atomic E-state index is 13.7. The van der Waals surface area contributed by atoms with Crippen molar-refractivity contribution in [2.45, 2.75) is 0 Å². The highest BCUT2D eigenvalue weighted by atomic mass is 31.2. The Morgan fingerprint density at radius 2 is 1.03 bits per heavy atom. The van der Waals surface area contributed by atoms with E-state index in [1.54, 1.807) is 0 Å². The quantitative estimate of drug-likeness (QED) is 0.221. The Bertz CT molecular complexity index is 2000. The van der Waals surface area contributed by atoms with Crippen molar-refractivity contribution < 1.29 is 4.57 Å². The predicted octanol–water partition coefficient (Wildman–Crippen LogP) is 8.64. The zero-order valence-electron chi connectivity index (χ0n) is 21.4. The third-order valence-corrected chi connectivity index (χ3v) is 10.5. The number of fused-ring (bicyclic) bond motifs is 4. The van der Waals surface area contributed by atoms with Crippen LogP contribution in [0.1, 0.15) is 5.56 Å². The molecule has 2 nitrogen and oxygen atoms in total. The second-order valence-electron chi connectivity index (χ2n) is 10.1. The summed E-state index contributed by atoms with van der Waals surface area (Å²) in [7, 11) is -2.58. The third kappa shape index (κ3) is 3.75. The fourth-order valence-electron chi connectivity index (χ4n) is 5.88. The first-order valence-corrected chi connectivity index (χ1v) is 15.2. The van der Waals surface area contributed by atoms with E-state index in [9.17, 15) is 4.57 Å². The van der Waals surface area contributed by atoms with E-state index in [4.69, 9.17) is 5.26 Å². The van der Waals surface area contributed by atoms with Crippen molar-refractivity contribution in [3.05, 3.63) is 133 Å². The molecule has 0 bridgehead atoms. The lowest BCUT2D eigenvalue weighted by atomic mass is 9.90. The Morgan fingerprint density at radius 1 is 0.513 bits per heavy atom. The van der Waals surface area contributed by atoms with E-state index in [1.807, 2.05) is 49.1 Å². The van der Waals surface area contributed by atoms with Gasteiger partial charge in [-0.1, -0.05) is 103 Å². The molecule has 184 valence electrons. The molecule has 0 radical (unpaired) electrons. The normalized spacial score (nSPS) is 15.5. The van der Waals surface area contributed by atoms with Crippen LogP contribution in [0.3, 0.4) is 0 Å². The van der Waals surface area contributed by atoms with E-state index in [1.165, 1.54) is 21.9 Å². The van der Waals surface area contributed by atoms with Crippen molar-refractivity contribution in [3.63, 3.8) is 0 Å². The van der Waals surface area contributed by atoms with Gasteiger partial charge >= 0.3 is 0 Å². The summed E-state index contributed by atoms with van der Waals surface area (Å²) in [6, 6.07) is 45.9. The Balaban J connectivity index is 1.31. The first-order valence-electron chi connectivity index (χ1n) is 13.0. The van der Waals surface area contributed by atoms with Crippen molar-refractivity contribution in [2.75, 3.05) is 6.66 Å². The van der Waals surface area contributed by atoms with Crippen LogP contribution < -0.4 is 10.6 Å². The summed E-state index contributed by atoms with van der Waals surface area (Å²) in [6.07, 6.45) is 0. The molecular weight excluding hydrogens is 493 g/mol. The molecule has 7 rings (SSSR count). The van der Waals surface area contributed by atoms with Crippen LogP contribution >= 0.6 is 7.14 Å². The fourth-order valence-corrected chi connectivity index (χ4v) is 8.17. The standard InChI is InChI=1S/C36H24NOP/c1-39(38)35-9-5-4-8-33(35)34-22-28(18-21-36(34)39)30-20-19-29(31-6-2-3-7-32(30)31)27-16-14-26(15-17-27)25-12-10-24(23-37)11-13-25/h2-22H,1H3. The van der Waals surface area contributed by atoms with Crippen LogP contribution in [0, 0.1) is 11.3 Å². The summed E-state index contributed by atoms with van der Waals surface area (Å²) in [5.74, 6) is 0. The largest absolute Gasteiger partial charge is 0.314 e. The van der Waals surface area contributed by atoms with E-state index in [0.717, 1.165) is 44.0 Å². The van der Waals surface area contributed by atoms with Gasteiger partial charge in [-0.3, -0.25) is 0 Å². The average Bonchev–Trinajstić information content (AvgIpc) is 3.23. The second kappa shape index (κ2) is 8.95. The van der Waals surface area contributed by atoms with Crippen molar-refractivity contribution >= 4 is 28.5 Å². The van der Waals surface area contributed by atoms with Crippen LogP contribution in [0.25, 0.3) is 55.3 Å². The van der Waals surface area contributed by atoms with Gasteiger partial charge in [-0.15, -0.1) is 0 Å². The lowest BCUT2D eigenvalue weighted by Gasteiger charge is -2.14. The summed E-state index contributed by atoms with van der Waals surface area (Å²) in [5, 5.41) is 13.4. The SMILES string of the molecule is CP1(=O)c2ccccc2-c2cc(-c3ccc(-c4ccc(-c5ccc(C#N)cc5)cc4)c4ccccc34)ccc21. The van der Waals surface area contributed by atoms with Gasteiger partial charge in [-0.05, 0) is 86.2 Å². The minimum absolute atomic E-state index is 0.665. The summed E-state index contributed by atoms with van der Waals surface area (Å²) in [6.45, 7) is 1.88. The lowest BCUT2D eigenvalue weighted by Crippen LogP contribution is -2.07. The molecule has 1 heterocycles. The molecule has 1 aliphatic rings. The Labute approximate surface area is 228 Å². The van der Waals surface area contributed by atoms with E-state index in [0.29, 0.717) is 5.56 Å². The predicted molar refractivity (Wildman–Crippen MR) is 163 cm³/mol. The first-order chi connectivity index (χ1) is 19.0. The zero-order valence-corrected chi connectivity index (χ0v) is 22.3. The third-order valence-electron chi connectivity index (χ3n) is 7.89. The van der Waals surface area contributed by atoms with E-state index in [-0.39, 0.29) is 0 Å². The molecular formula is C36H24NOP. The molecule has 0 N–H and O–H groups in total. The van der Waals surface area contributed by atoms with Gasteiger partial charge in [0.2, 0.25) is 0 Å². The first kappa shape index (κ1) is 23.4. The molecule has 3 heteroatoms. The van der Waals surface area contributed by atoms with Crippen molar-refractivity contribution in [2.24, 2.45) is 0 Å². The number of rotatable bonds is 3. The van der Waals surface area contributed by atoms with Crippen LogP contribution in [0.2, 0.25) is 0 Å². The second-order valence-corrected chi connectivity index (χ2v) is 13.0. The van der Waals surface area contributed by atoms with Crippen LogP contribution in [-0.2, 0) is 4.57 Å². The van der Waals surface area contributed by atoms with E-state index in [2.05, 4.69) is 91.0 Å². The topological polar surface area (TPSA) is 40.9 Å². The number of benzene rings is 6. The Hall–Kier alpha value is -4.70. The molecule has 0 amide bonds. The maximum Gasteiger partial charge on any atom is 0.141 e. The molecule has 6 aromatic carbocycles. The Morgan fingerprint density at radius 3 is 1.69 bits per heavy atom. The molecule has 1 unspecified atom stereocenters. The minimum Gasteiger partial charge on any atom is -0.314 e. The summed E-state index contributed by atoms with van der Waals surface area (Å²) < 4.78 is 13.7. The van der Waals surface area contributed by atoms with Crippen LogP contribution in [0.5, 0.6) is 0 Å². The molecule has 0 saturated heterocycles. The van der Waals surface area contributed by atoms with Gasteiger partial charge in [0.05, 0.1) is 11.6 Å². The summed E-state index contributed by atoms with van der Waals surface area (Å²) in [4.78, 5) is 0. The highest BCUT2D eigenvalue weighted by Crippen LogP contribution is 2.50. The molecule has 1 atom stereocenters. The molecule has 0 saturated carbocycles. The number of nitrogens with zero attached hydrogens (tertiary/aromatic N) is 1. The van der Waals surface area contributed by atoms with Crippen molar-refractivity contribution in [3.8, 4) is 50.6 Å². The number of hydrogen-bond donors (Lipinski definition) is 0. The average molecular weight is 518 g/mol.